The van der Waals surface area contributed by atoms with Crippen LogP contribution in [0, 0.1) is 0 Å². The number of nitrogens with zero attached hydrogens (tertiary/aromatic N) is 5. The molecule has 2 aromatic rings. The Morgan fingerprint density at radius 1 is 1.43 bits per heavy atom. The zero-order chi connectivity index (χ0) is 14.8. The van der Waals surface area contributed by atoms with E-state index in [0.717, 1.165) is 43.3 Å². The second-order valence-electron chi connectivity index (χ2n) is 5.91. The van der Waals surface area contributed by atoms with Gasteiger partial charge in [0.2, 0.25) is 5.89 Å². The Kier molecular flexibility index (Phi) is 4.05. The summed E-state index contributed by atoms with van der Waals surface area (Å²) in [6, 6.07) is 2.76. The van der Waals surface area contributed by atoms with Crippen molar-refractivity contribution in [1.82, 2.24) is 24.8 Å². The van der Waals surface area contributed by atoms with Crippen molar-refractivity contribution in [3.63, 3.8) is 0 Å². The Morgan fingerprint density at radius 2 is 2.29 bits per heavy atom. The SMILES string of the molecule is CCc1nc([C@@H]2CCCN2Cc2ccn(C(C)C)n2)no1. The minimum Gasteiger partial charge on any atom is -0.339 e. The van der Waals surface area contributed by atoms with Crippen molar-refractivity contribution in [3.05, 3.63) is 29.7 Å². The van der Waals surface area contributed by atoms with Gasteiger partial charge >= 0.3 is 0 Å². The monoisotopic (exact) mass is 289 g/mol. The molecular formula is C15H23N5O. The van der Waals surface area contributed by atoms with Crippen LogP contribution in [0.5, 0.6) is 0 Å². The van der Waals surface area contributed by atoms with Crippen LogP contribution >= 0.6 is 0 Å². The Hall–Kier alpha value is -1.69. The molecule has 0 aliphatic carbocycles. The summed E-state index contributed by atoms with van der Waals surface area (Å²) in [5.41, 5.74) is 1.11. The van der Waals surface area contributed by atoms with Crippen LogP contribution < -0.4 is 0 Å². The lowest BCUT2D eigenvalue weighted by Crippen LogP contribution is -2.24. The predicted octanol–water partition coefficient (Wildman–Crippen LogP) is 2.75. The molecule has 3 rings (SSSR count). The van der Waals surface area contributed by atoms with Crippen LogP contribution in [0.4, 0.5) is 0 Å². The molecule has 1 atom stereocenters. The van der Waals surface area contributed by atoms with Gasteiger partial charge < -0.3 is 4.52 Å². The maximum absolute atomic E-state index is 5.25. The fourth-order valence-electron chi connectivity index (χ4n) is 2.81. The molecule has 0 unspecified atom stereocenters. The molecule has 0 bridgehead atoms. The first-order valence-electron chi connectivity index (χ1n) is 7.78. The summed E-state index contributed by atoms with van der Waals surface area (Å²) in [5.74, 6) is 1.55. The van der Waals surface area contributed by atoms with Gasteiger partial charge in [-0.3, -0.25) is 9.58 Å². The Morgan fingerprint density at radius 3 is 2.95 bits per heavy atom. The van der Waals surface area contributed by atoms with Crippen LogP contribution in [0.1, 0.15) is 63.1 Å². The van der Waals surface area contributed by atoms with E-state index in [-0.39, 0.29) is 6.04 Å². The summed E-state index contributed by atoms with van der Waals surface area (Å²) < 4.78 is 7.26. The van der Waals surface area contributed by atoms with Crippen molar-refractivity contribution >= 4 is 0 Å². The Balaban J connectivity index is 1.71. The van der Waals surface area contributed by atoms with Gasteiger partial charge in [0.1, 0.15) is 0 Å². The third kappa shape index (κ3) is 3.00. The molecule has 114 valence electrons. The molecule has 3 heterocycles. The van der Waals surface area contributed by atoms with Crippen molar-refractivity contribution in [1.29, 1.82) is 0 Å². The Bertz CT molecular complexity index is 588. The molecule has 1 aliphatic rings. The predicted molar refractivity (Wildman–Crippen MR) is 78.7 cm³/mol. The molecule has 6 nitrogen and oxygen atoms in total. The highest BCUT2D eigenvalue weighted by Gasteiger charge is 2.30. The summed E-state index contributed by atoms with van der Waals surface area (Å²) in [7, 11) is 0. The smallest absolute Gasteiger partial charge is 0.226 e. The molecule has 2 aromatic heterocycles. The largest absolute Gasteiger partial charge is 0.339 e. The maximum Gasteiger partial charge on any atom is 0.226 e. The highest BCUT2D eigenvalue weighted by molar-refractivity contribution is 5.04. The third-order valence-electron chi connectivity index (χ3n) is 4.01. The molecule has 1 saturated heterocycles. The van der Waals surface area contributed by atoms with E-state index in [1.54, 1.807) is 0 Å². The summed E-state index contributed by atoms with van der Waals surface area (Å²) in [5, 5.41) is 8.77. The van der Waals surface area contributed by atoms with Crippen LogP contribution in [-0.2, 0) is 13.0 Å². The molecule has 0 N–H and O–H groups in total. The molecule has 21 heavy (non-hydrogen) atoms. The highest BCUT2D eigenvalue weighted by atomic mass is 16.5. The van der Waals surface area contributed by atoms with Crippen molar-refractivity contribution in [2.45, 2.75) is 58.7 Å². The average molecular weight is 289 g/mol. The molecule has 0 radical (unpaired) electrons. The van der Waals surface area contributed by atoms with Gasteiger partial charge in [-0.15, -0.1) is 0 Å². The zero-order valence-electron chi connectivity index (χ0n) is 13.0. The molecular weight excluding hydrogens is 266 g/mol. The van der Waals surface area contributed by atoms with Crippen LogP contribution in [0.2, 0.25) is 0 Å². The minimum atomic E-state index is 0.262. The van der Waals surface area contributed by atoms with E-state index in [4.69, 9.17) is 4.52 Å². The van der Waals surface area contributed by atoms with Crippen molar-refractivity contribution in [3.8, 4) is 0 Å². The second-order valence-corrected chi connectivity index (χ2v) is 5.91. The number of likely N-dealkylation sites (tertiary alicyclic amines) is 1. The number of hydrogen-bond donors (Lipinski definition) is 0. The second kappa shape index (κ2) is 5.97. The van der Waals surface area contributed by atoms with Gasteiger partial charge in [-0.2, -0.15) is 10.1 Å². The van der Waals surface area contributed by atoms with Gasteiger partial charge in [0, 0.05) is 25.2 Å². The lowest BCUT2D eigenvalue weighted by atomic mass is 10.2. The van der Waals surface area contributed by atoms with E-state index in [0.29, 0.717) is 6.04 Å². The molecule has 0 amide bonds. The first-order valence-corrected chi connectivity index (χ1v) is 7.78. The first-order chi connectivity index (χ1) is 10.2. The number of hydrogen-bond acceptors (Lipinski definition) is 5. The summed E-state index contributed by atoms with van der Waals surface area (Å²) in [6.07, 6.45) is 5.10. The molecule has 6 heteroatoms. The standard InChI is InChI=1S/C15H23N5O/c1-4-14-16-15(18-21-14)13-6-5-8-19(13)10-12-7-9-20(17-12)11(2)3/h7,9,11,13H,4-6,8,10H2,1-3H3/t13-/m0/s1. The molecule has 0 spiro atoms. The molecule has 0 saturated carbocycles. The first kappa shape index (κ1) is 14.3. The van der Waals surface area contributed by atoms with E-state index in [2.05, 4.69) is 46.2 Å². The van der Waals surface area contributed by atoms with E-state index in [1.807, 2.05) is 11.6 Å². The fourth-order valence-corrected chi connectivity index (χ4v) is 2.81. The maximum atomic E-state index is 5.25. The van der Waals surface area contributed by atoms with Crippen LogP contribution in [0.3, 0.4) is 0 Å². The van der Waals surface area contributed by atoms with Gasteiger partial charge in [0.15, 0.2) is 5.82 Å². The fraction of sp³-hybridized carbons (Fsp3) is 0.667. The van der Waals surface area contributed by atoms with Crippen LogP contribution in [0.25, 0.3) is 0 Å². The van der Waals surface area contributed by atoms with Crippen molar-refractivity contribution in [2.24, 2.45) is 0 Å². The van der Waals surface area contributed by atoms with Crippen molar-refractivity contribution < 1.29 is 4.52 Å². The topological polar surface area (TPSA) is 60.0 Å². The van der Waals surface area contributed by atoms with E-state index in [1.165, 1.54) is 6.42 Å². The minimum absolute atomic E-state index is 0.262. The zero-order valence-corrected chi connectivity index (χ0v) is 13.0. The lowest BCUT2D eigenvalue weighted by molar-refractivity contribution is 0.230. The molecule has 1 aliphatic heterocycles. The van der Waals surface area contributed by atoms with Crippen molar-refractivity contribution in [2.75, 3.05) is 6.54 Å². The van der Waals surface area contributed by atoms with Gasteiger partial charge in [-0.1, -0.05) is 12.1 Å². The number of aromatic nitrogens is 4. The summed E-state index contributed by atoms with van der Waals surface area (Å²) >= 11 is 0. The molecule has 0 aromatic carbocycles. The van der Waals surface area contributed by atoms with E-state index >= 15 is 0 Å². The normalized spacial score (nSPS) is 19.7. The molecule has 1 fully saturated rings. The average Bonchev–Trinajstić information content (AvgIpc) is 3.18. The quantitative estimate of drug-likeness (QED) is 0.847. The van der Waals surface area contributed by atoms with Gasteiger partial charge in [0.05, 0.1) is 11.7 Å². The summed E-state index contributed by atoms with van der Waals surface area (Å²) in [4.78, 5) is 6.89. The van der Waals surface area contributed by atoms with Gasteiger partial charge in [-0.25, -0.2) is 0 Å². The summed E-state index contributed by atoms with van der Waals surface area (Å²) in [6.45, 7) is 8.22. The Labute approximate surface area is 125 Å². The van der Waals surface area contributed by atoms with Crippen LogP contribution in [-0.4, -0.2) is 31.4 Å². The van der Waals surface area contributed by atoms with E-state index in [9.17, 15) is 0 Å². The third-order valence-corrected chi connectivity index (χ3v) is 4.01. The van der Waals surface area contributed by atoms with Crippen LogP contribution in [0.15, 0.2) is 16.8 Å². The highest BCUT2D eigenvalue weighted by Crippen LogP contribution is 2.31. The van der Waals surface area contributed by atoms with E-state index < -0.39 is 0 Å². The van der Waals surface area contributed by atoms with Gasteiger partial charge in [0.25, 0.3) is 0 Å². The number of aryl methyl sites for hydroxylation is 1. The number of rotatable bonds is 5. The van der Waals surface area contributed by atoms with Gasteiger partial charge in [-0.05, 0) is 39.3 Å². The lowest BCUT2D eigenvalue weighted by Gasteiger charge is -2.20.